The number of amides is 1. The van der Waals surface area contributed by atoms with Crippen LogP contribution < -0.4 is 11.1 Å². The second-order valence-corrected chi connectivity index (χ2v) is 13.0. The highest BCUT2D eigenvalue weighted by Crippen LogP contribution is 2.51. The molecule has 242 valence electrons. The van der Waals surface area contributed by atoms with E-state index in [1.165, 1.54) is 54.0 Å². The van der Waals surface area contributed by atoms with Crippen LogP contribution in [-0.2, 0) is 20.4 Å². The first kappa shape index (κ1) is 33.0. The molecule has 2 aromatic carbocycles. The first-order valence-electron chi connectivity index (χ1n) is 13.5. The number of fused-ring (bicyclic) bond motifs is 1. The normalized spacial score (nSPS) is 21.0. The Kier molecular flexibility index (Phi) is 9.16. The Hall–Kier alpha value is -4.39. The van der Waals surface area contributed by atoms with Gasteiger partial charge in [-0.25, -0.2) is 37.8 Å². The number of nitrogens with one attached hydrogen (secondary N) is 1. The quantitative estimate of drug-likeness (QED) is 0.253. The molecular weight excluding hydrogens is 649 g/mol. The van der Waals surface area contributed by atoms with Gasteiger partial charge in [-0.05, 0) is 37.3 Å². The molecule has 1 fully saturated rings. The molecule has 1 amide bonds. The summed E-state index contributed by atoms with van der Waals surface area (Å²) in [6.07, 6.45) is 3.92. The van der Waals surface area contributed by atoms with Crippen LogP contribution in [0.3, 0.4) is 0 Å². The number of carbonyl (C=O) groups is 1. The van der Waals surface area contributed by atoms with Crippen LogP contribution in [0.4, 0.5) is 18.9 Å². The van der Waals surface area contributed by atoms with Gasteiger partial charge in [-0.1, -0.05) is 29.5 Å². The second kappa shape index (κ2) is 12.8. The maximum absolute atomic E-state index is 15.1. The number of hydrogen-bond acceptors (Lipinski definition) is 11. The van der Waals surface area contributed by atoms with Crippen molar-refractivity contribution < 1.29 is 35.7 Å². The van der Waals surface area contributed by atoms with Gasteiger partial charge in [-0.15, -0.1) is 0 Å². The number of hydrogen-bond donors (Lipinski definition) is 3. The van der Waals surface area contributed by atoms with Gasteiger partial charge in [0.2, 0.25) is 0 Å². The van der Waals surface area contributed by atoms with E-state index in [2.05, 4.69) is 30.4 Å². The lowest BCUT2D eigenvalue weighted by Gasteiger charge is -2.37. The van der Waals surface area contributed by atoms with Crippen molar-refractivity contribution in [2.45, 2.75) is 36.3 Å². The predicted octanol–water partition coefficient (Wildman–Crippen LogP) is 3.62. The fourth-order valence-electron chi connectivity index (χ4n) is 5.00. The van der Waals surface area contributed by atoms with Gasteiger partial charge in [0.25, 0.3) is 21.9 Å². The summed E-state index contributed by atoms with van der Waals surface area (Å²) in [5.74, 6) is -4.70. The molecule has 0 saturated carbocycles. The summed E-state index contributed by atoms with van der Waals surface area (Å²) < 4.78 is 80.0. The number of benzene rings is 2. The third-order valence-corrected chi connectivity index (χ3v) is 9.00. The van der Waals surface area contributed by atoms with Crippen molar-refractivity contribution in [2.75, 3.05) is 17.7 Å². The highest BCUT2D eigenvalue weighted by Gasteiger charge is 2.59. The number of anilines is 1. The van der Waals surface area contributed by atoms with Crippen LogP contribution in [0.15, 0.2) is 77.4 Å². The minimum atomic E-state index is -4.02. The third kappa shape index (κ3) is 7.04. The first-order chi connectivity index (χ1) is 21.7. The van der Waals surface area contributed by atoms with Gasteiger partial charge >= 0.3 is 0 Å². The Morgan fingerprint density at radius 3 is 2.54 bits per heavy atom. The number of carbonyl (C=O) groups excluding carboxylic acids is 1. The van der Waals surface area contributed by atoms with Gasteiger partial charge < -0.3 is 15.8 Å². The van der Waals surface area contributed by atoms with Crippen LogP contribution in [0.25, 0.3) is 5.82 Å². The molecule has 0 spiro atoms. The van der Waals surface area contributed by atoms with Crippen LogP contribution in [0.5, 0.6) is 0 Å². The summed E-state index contributed by atoms with van der Waals surface area (Å²) in [6, 6.07) is 9.85. The van der Waals surface area contributed by atoms with Gasteiger partial charge in [0.15, 0.2) is 11.0 Å². The van der Waals surface area contributed by atoms with Crippen LogP contribution in [0.1, 0.15) is 28.5 Å². The number of alkyl halides is 2. The van der Waals surface area contributed by atoms with Gasteiger partial charge in [0, 0.05) is 29.8 Å². The van der Waals surface area contributed by atoms with Crippen LogP contribution >= 0.6 is 11.8 Å². The summed E-state index contributed by atoms with van der Waals surface area (Å²) in [5, 5.41) is 6.72. The Labute approximate surface area is 265 Å². The predicted molar refractivity (Wildman–Crippen MR) is 162 cm³/mol. The molecule has 0 aliphatic carbocycles. The summed E-state index contributed by atoms with van der Waals surface area (Å²) in [5.41, 5.74) is 5.67. The van der Waals surface area contributed by atoms with Crippen LogP contribution in [-0.4, -0.2) is 73.2 Å². The second-order valence-electron chi connectivity index (χ2n) is 10.5. The Morgan fingerprint density at radius 1 is 1.20 bits per heavy atom. The van der Waals surface area contributed by atoms with Crippen molar-refractivity contribution >= 4 is 38.6 Å². The fourth-order valence-corrected chi connectivity index (χ4v) is 6.50. The maximum atomic E-state index is 15.1. The molecule has 0 bridgehead atoms. The molecule has 18 heteroatoms. The van der Waals surface area contributed by atoms with Crippen molar-refractivity contribution in [2.24, 2.45) is 16.6 Å². The molecule has 2 aliphatic heterocycles. The third-order valence-electron chi connectivity index (χ3n) is 7.22. The Balaban J connectivity index is 0.000000322. The lowest BCUT2D eigenvalue weighted by molar-refractivity contribution is -0.113. The SMILES string of the molecule is CC(F)(F)[C@H]1OC[C@]2(c3cc(NC(=O)c4cnc(-n5cncn5)cn4)ccc3F)N=C(N)SC[C@H]12.Cc1ccc(S(=O)(=O)O)cc1. The topological polar surface area (TPSA) is 188 Å². The molecule has 0 unspecified atom stereocenters. The zero-order valence-corrected chi connectivity index (χ0v) is 25.8. The molecule has 13 nitrogen and oxygen atoms in total. The number of aromatic nitrogens is 5. The zero-order valence-electron chi connectivity index (χ0n) is 24.2. The summed E-state index contributed by atoms with van der Waals surface area (Å²) in [6.45, 7) is 2.34. The number of nitrogens with zero attached hydrogens (tertiary/aromatic N) is 6. The van der Waals surface area contributed by atoms with Gasteiger partial charge in [0.05, 0.1) is 23.9 Å². The number of aliphatic imine (C=N–C) groups is 1. The monoisotopic (exact) mass is 676 g/mol. The van der Waals surface area contributed by atoms with E-state index < -0.39 is 45.3 Å². The summed E-state index contributed by atoms with van der Waals surface area (Å²) in [7, 11) is -4.02. The molecular formula is C28H27F3N8O5S2. The Bertz CT molecular complexity index is 1860. The van der Waals surface area contributed by atoms with E-state index in [1.807, 2.05) is 6.92 Å². The van der Waals surface area contributed by atoms with Gasteiger partial charge in [-0.3, -0.25) is 9.35 Å². The zero-order chi connectivity index (χ0) is 33.3. The van der Waals surface area contributed by atoms with E-state index in [4.69, 9.17) is 15.0 Å². The van der Waals surface area contributed by atoms with Crippen molar-refractivity contribution in [3.8, 4) is 5.82 Å². The molecule has 3 atom stereocenters. The number of amidine groups is 1. The van der Waals surface area contributed by atoms with E-state index in [1.54, 1.807) is 12.1 Å². The number of rotatable bonds is 6. The van der Waals surface area contributed by atoms with E-state index >= 15 is 4.39 Å². The van der Waals surface area contributed by atoms with Gasteiger partial charge in [0.1, 0.15) is 35.8 Å². The minimum absolute atomic E-state index is 0.00185. The molecule has 4 aromatic rings. The average molecular weight is 677 g/mol. The lowest BCUT2D eigenvalue weighted by Crippen LogP contribution is -2.46. The maximum Gasteiger partial charge on any atom is 0.294 e. The van der Waals surface area contributed by atoms with E-state index in [0.29, 0.717) is 5.82 Å². The van der Waals surface area contributed by atoms with Crippen LogP contribution in [0, 0.1) is 18.7 Å². The van der Waals surface area contributed by atoms with E-state index in [0.717, 1.165) is 30.3 Å². The molecule has 46 heavy (non-hydrogen) atoms. The summed E-state index contributed by atoms with van der Waals surface area (Å²) >= 11 is 1.12. The standard InChI is InChI=1S/C21H19F3N8O2S.C7H8O3S/c1-20(23,24)17-13-7-35-19(25)31-21(13,8-34-17)12-4-11(2-3-14(12)22)30-18(33)15-5-28-16(6-27-15)32-10-26-9-29-32;1-6-2-4-7(5-3-6)11(8,9)10/h2-6,9-10,13,17H,7-8H2,1H3,(H2,25,31)(H,30,33);2-5H,1H3,(H,8,9,10)/t13-,17+,21-;/m1./s1. The van der Waals surface area contributed by atoms with Crippen molar-refractivity contribution in [3.63, 3.8) is 0 Å². The molecule has 2 aliphatic rings. The van der Waals surface area contributed by atoms with Crippen molar-refractivity contribution in [3.05, 3.63) is 90.2 Å². The van der Waals surface area contributed by atoms with E-state index in [9.17, 15) is 22.0 Å². The Morgan fingerprint density at radius 2 is 1.93 bits per heavy atom. The van der Waals surface area contributed by atoms with Crippen molar-refractivity contribution in [1.82, 2.24) is 24.7 Å². The molecule has 4 N–H and O–H groups in total. The molecule has 6 rings (SSSR count). The van der Waals surface area contributed by atoms with Crippen molar-refractivity contribution in [1.29, 1.82) is 0 Å². The number of ether oxygens (including phenoxy) is 1. The molecule has 0 radical (unpaired) electrons. The number of nitrogens with two attached hydrogens (primary N) is 1. The molecule has 4 heterocycles. The largest absolute Gasteiger partial charge is 0.379 e. The van der Waals surface area contributed by atoms with Crippen LogP contribution in [0.2, 0.25) is 0 Å². The minimum Gasteiger partial charge on any atom is -0.379 e. The number of halogens is 3. The molecule has 2 aromatic heterocycles. The highest BCUT2D eigenvalue weighted by molar-refractivity contribution is 8.13. The average Bonchev–Trinajstić information content (AvgIpc) is 3.67. The fraction of sp³-hybridized carbons (Fsp3) is 0.286. The number of thioether (sulfide) groups is 1. The lowest BCUT2D eigenvalue weighted by atomic mass is 9.77. The first-order valence-corrected chi connectivity index (χ1v) is 15.9. The smallest absolute Gasteiger partial charge is 0.294 e. The van der Waals surface area contributed by atoms with E-state index in [-0.39, 0.29) is 39.4 Å². The van der Waals surface area contributed by atoms with Gasteiger partial charge in [-0.2, -0.15) is 13.5 Å². The highest BCUT2D eigenvalue weighted by atomic mass is 32.2. The molecule has 1 saturated heterocycles. The summed E-state index contributed by atoms with van der Waals surface area (Å²) in [4.78, 5) is 29.1. The number of aryl methyl sites for hydroxylation is 1.